The van der Waals surface area contributed by atoms with E-state index in [1.165, 1.54) is 50.6 Å². The van der Waals surface area contributed by atoms with Gasteiger partial charge < -0.3 is 28.4 Å². The number of hydrogen-bond acceptors (Lipinski definition) is 15. The first-order valence-electron chi connectivity index (χ1n) is 37.3. The van der Waals surface area contributed by atoms with E-state index in [-0.39, 0.29) is 45.6 Å². The Morgan fingerprint density at radius 2 is 0.593 bits per heavy atom. The third-order valence-corrected chi connectivity index (χ3v) is 19.3. The topological polar surface area (TPSA) is 227 Å². The first kappa shape index (κ1) is 86.3. The average Bonchev–Trinajstić information content (AvgIpc) is 0.766. The van der Waals surface area contributed by atoms with Crippen LogP contribution < -0.4 is 18.9 Å². The van der Waals surface area contributed by atoms with Gasteiger partial charge in [0.25, 0.3) is 17.2 Å². The van der Waals surface area contributed by atoms with E-state index >= 15 is 0 Å². The lowest BCUT2D eigenvalue weighted by atomic mass is 9.83. The normalized spacial score (nSPS) is 10.8. The molecule has 0 unspecified atom stereocenters. The molecule has 14 rings (SSSR count). The maximum absolute atomic E-state index is 13.8. The summed E-state index contributed by atoms with van der Waals surface area (Å²) in [5, 5.41) is 24.1. The molecule has 0 atom stereocenters. The molecule has 0 heterocycles. The fourth-order valence-electron chi connectivity index (χ4n) is 12.4. The van der Waals surface area contributed by atoms with Gasteiger partial charge in [-0.15, -0.1) is 0 Å². The number of ketones is 5. The lowest BCUT2D eigenvalue weighted by molar-refractivity contribution is -0.386. The number of carbonyl (C=O) groups excluding carboxylic acids is 5. The standard InChI is InChI=1S/C26H20O3.C22H20O3.C20H14Cl2O.C20H14N2O5.C11H14O3/c27-25(21-13-5-1-6-14-21)26(22-15-7-2-8-16-22,28-23-17-9-3-10-18-23)29-24-19-11-4-12-20-24;1-16-10-6-8-14-19(16)24-22(21(23)18-12-4-3-5-13-18)25-20-15-9-7-11-17(20)2;21-17-12-6-4-10-15(17)19(16-11-5-7-13-18(16)22)20(23)14-8-2-1-3-9-14;23-20(14-8-2-1-3-9-14)19(15-10-4-6-12-17(15)21(24)25)16-11-5-7-13-18(16)22(26)27;1-11(13-2,14-3)10(12)9-7-5-4-6-8-9/h1-20H;3-15,22H,1-2H3;1-13,19H;1-13,19H;4-8H,1-3H3. The molecule has 0 saturated carbocycles. The molecule has 0 fully saturated rings. The molecule has 0 bridgehead atoms. The number of Topliss-reactive ketones (excluding diaryl/α,β-unsaturated/α-hetero) is 5. The second kappa shape index (κ2) is 42.9. The SMILES string of the molecule is COC(C)(OC)C(=O)c1ccccc1.Cc1ccccc1OC(Oc1ccccc1C)C(=O)c1ccccc1.O=C(c1ccccc1)C(Oc1ccccc1)(Oc1ccccc1)c1ccccc1.O=C(c1ccccc1)C(c1ccccc1Cl)c1ccccc1Cl.O=C(c1ccccc1)C(c1ccccc1[N+](=O)[O-])c1ccccc1[N+](=O)[O-]. The zero-order valence-corrected chi connectivity index (χ0v) is 66.5. The molecule has 14 aromatic rings. The Hall–Kier alpha value is -14.1. The molecule has 0 aliphatic heterocycles. The molecule has 0 aliphatic rings. The molecule has 118 heavy (non-hydrogen) atoms. The Morgan fingerprint density at radius 1 is 0.322 bits per heavy atom. The average molecular weight is 1610 g/mol. The van der Waals surface area contributed by atoms with Gasteiger partial charge >= 0.3 is 12.1 Å². The van der Waals surface area contributed by atoms with E-state index in [2.05, 4.69) is 0 Å². The summed E-state index contributed by atoms with van der Waals surface area (Å²) in [6.07, 6.45) is -1.05. The fourth-order valence-corrected chi connectivity index (χ4v) is 12.8. The number of nitrogens with zero attached hydrogens (tertiary/aromatic N) is 2. The smallest absolute Gasteiger partial charge is 0.344 e. The third kappa shape index (κ3) is 22.7. The second-order valence-electron chi connectivity index (χ2n) is 26.4. The highest BCUT2D eigenvalue weighted by Crippen LogP contribution is 2.41. The number of benzene rings is 14. The minimum atomic E-state index is -1.68. The predicted molar refractivity (Wildman–Crippen MR) is 459 cm³/mol. The van der Waals surface area contributed by atoms with Crippen molar-refractivity contribution in [1.29, 1.82) is 0 Å². The van der Waals surface area contributed by atoms with Gasteiger partial charge in [0, 0.05) is 80.9 Å². The summed E-state index contributed by atoms with van der Waals surface area (Å²) in [7, 11) is 2.90. The third-order valence-electron chi connectivity index (χ3n) is 18.6. The Kier molecular flexibility index (Phi) is 31.4. The van der Waals surface area contributed by atoms with Gasteiger partial charge in [0.1, 0.15) is 23.0 Å². The number of para-hydroxylation sites is 6. The molecule has 592 valence electrons. The van der Waals surface area contributed by atoms with Gasteiger partial charge in [-0.25, -0.2) is 0 Å². The first-order chi connectivity index (χ1) is 57.2. The molecule has 0 saturated heterocycles. The van der Waals surface area contributed by atoms with E-state index in [0.29, 0.717) is 66.4 Å². The van der Waals surface area contributed by atoms with Crippen LogP contribution in [-0.2, 0) is 15.3 Å². The van der Waals surface area contributed by atoms with E-state index < -0.39 is 45.3 Å². The molecule has 17 nitrogen and oxygen atoms in total. The fraction of sp³-hybridized carbons (Fsp3) is 0.101. The molecule has 0 N–H and O–H groups in total. The number of carbonyl (C=O) groups is 5. The summed E-state index contributed by atoms with van der Waals surface area (Å²) < 4.78 is 34.6. The van der Waals surface area contributed by atoms with Crippen LogP contribution in [0.5, 0.6) is 23.0 Å². The van der Waals surface area contributed by atoms with Gasteiger partial charge in [-0.3, -0.25) is 44.2 Å². The number of halogens is 2. The number of nitro benzene ring substituents is 2. The molecule has 0 radical (unpaired) electrons. The highest BCUT2D eigenvalue weighted by atomic mass is 35.5. The number of ether oxygens (including phenoxy) is 6. The van der Waals surface area contributed by atoms with Crippen molar-refractivity contribution in [2.45, 2.75) is 50.5 Å². The first-order valence-corrected chi connectivity index (χ1v) is 38.0. The minimum absolute atomic E-state index is 0.0215. The summed E-state index contributed by atoms with van der Waals surface area (Å²) in [5.41, 5.74) is 6.33. The van der Waals surface area contributed by atoms with Crippen molar-refractivity contribution in [2.75, 3.05) is 14.2 Å². The van der Waals surface area contributed by atoms with Crippen LogP contribution in [0.2, 0.25) is 10.0 Å². The maximum Gasteiger partial charge on any atom is 0.344 e. The van der Waals surface area contributed by atoms with Crippen LogP contribution in [0.1, 0.15) is 109 Å². The van der Waals surface area contributed by atoms with Gasteiger partial charge in [0.05, 0.1) is 21.7 Å². The van der Waals surface area contributed by atoms with Crippen molar-refractivity contribution in [3.63, 3.8) is 0 Å². The van der Waals surface area contributed by atoms with Crippen molar-refractivity contribution in [1.82, 2.24) is 0 Å². The van der Waals surface area contributed by atoms with Crippen LogP contribution in [0.25, 0.3) is 0 Å². The summed E-state index contributed by atoms with van der Waals surface area (Å²) in [6.45, 7) is 5.47. The Bertz CT molecular complexity index is 5450. The van der Waals surface area contributed by atoms with Crippen LogP contribution >= 0.6 is 23.2 Å². The largest absolute Gasteiger partial charge is 0.447 e. The van der Waals surface area contributed by atoms with E-state index in [0.717, 1.165) is 22.3 Å². The molecule has 0 amide bonds. The van der Waals surface area contributed by atoms with Crippen LogP contribution in [-0.4, -0.2) is 65.1 Å². The number of rotatable bonds is 27. The molecule has 19 heteroatoms. The molecular weight excluding hydrogens is 1530 g/mol. The van der Waals surface area contributed by atoms with Crippen LogP contribution in [0, 0.1) is 34.1 Å². The van der Waals surface area contributed by atoms with Crippen LogP contribution in [0.4, 0.5) is 11.4 Å². The lowest BCUT2D eigenvalue weighted by Crippen LogP contribution is -2.47. The van der Waals surface area contributed by atoms with Crippen molar-refractivity contribution in [2.24, 2.45) is 0 Å². The lowest BCUT2D eigenvalue weighted by Gasteiger charge is -2.33. The Morgan fingerprint density at radius 3 is 0.932 bits per heavy atom. The van der Waals surface area contributed by atoms with Crippen molar-refractivity contribution >= 4 is 63.5 Å². The second-order valence-corrected chi connectivity index (χ2v) is 27.2. The van der Waals surface area contributed by atoms with E-state index in [9.17, 15) is 44.2 Å². The van der Waals surface area contributed by atoms with Crippen LogP contribution in [0.3, 0.4) is 0 Å². The number of hydrogen-bond donors (Lipinski definition) is 0. The molecule has 14 aromatic carbocycles. The maximum atomic E-state index is 13.8. The van der Waals surface area contributed by atoms with E-state index in [4.69, 9.17) is 51.6 Å². The summed E-state index contributed by atoms with van der Waals surface area (Å²) in [4.78, 5) is 86.8. The van der Waals surface area contributed by atoms with Gasteiger partial charge in [0.15, 0.2) is 11.6 Å². The molecule has 0 spiro atoms. The highest BCUT2D eigenvalue weighted by molar-refractivity contribution is 6.33. The molecule has 0 aliphatic carbocycles. The van der Waals surface area contributed by atoms with Crippen LogP contribution in [0.15, 0.2) is 388 Å². The Labute approximate surface area is 694 Å². The predicted octanol–water partition coefficient (Wildman–Crippen LogP) is 23.3. The number of nitro groups is 2. The van der Waals surface area contributed by atoms with Crippen molar-refractivity contribution in [3.8, 4) is 23.0 Å². The summed E-state index contributed by atoms with van der Waals surface area (Å²) >= 11 is 12.7. The van der Waals surface area contributed by atoms with Crippen molar-refractivity contribution in [3.05, 3.63) is 485 Å². The molecule has 0 aromatic heterocycles. The van der Waals surface area contributed by atoms with Gasteiger partial charge in [0.2, 0.25) is 17.4 Å². The van der Waals surface area contributed by atoms with Gasteiger partial charge in [-0.1, -0.05) is 351 Å². The Balaban J connectivity index is 0.000000158. The number of aryl methyl sites for hydroxylation is 2. The monoisotopic (exact) mass is 1610 g/mol. The quantitative estimate of drug-likeness (QED) is 0.0202. The highest BCUT2D eigenvalue weighted by Gasteiger charge is 2.47. The zero-order chi connectivity index (χ0) is 83.8. The minimum Gasteiger partial charge on any atom is -0.447 e. The van der Waals surface area contributed by atoms with Crippen molar-refractivity contribution < 1.29 is 62.2 Å². The molecular formula is C99H82Cl2N2O15. The summed E-state index contributed by atoms with van der Waals surface area (Å²) in [6, 6.07) is 114. The van der Waals surface area contributed by atoms with E-state index in [1.54, 1.807) is 110 Å². The van der Waals surface area contributed by atoms with E-state index in [1.807, 2.05) is 263 Å². The number of methoxy groups -OCH3 is 2. The summed E-state index contributed by atoms with van der Waals surface area (Å²) in [5.74, 6) is -3.37. The zero-order valence-electron chi connectivity index (χ0n) is 65.0. The van der Waals surface area contributed by atoms with Gasteiger partial charge in [-0.2, -0.15) is 0 Å². The van der Waals surface area contributed by atoms with Gasteiger partial charge in [-0.05, 0) is 91.6 Å².